The van der Waals surface area contributed by atoms with Gasteiger partial charge in [0.05, 0.1) is 0 Å². The zero-order chi connectivity index (χ0) is 13.5. The van der Waals surface area contributed by atoms with Crippen molar-refractivity contribution in [1.82, 2.24) is 5.32 Å². The Morgan fingerprint density at radius 3 is 2.58 bits per heavy atom. The summed E-state index contributed by atoms with van der Waals surface area (Å²) in [4.78, 5) is 11.7. The molecule has 0 spiro atoms. The summed E-state index contributed by atoms with van der Waals surface area (Å²) < 4.78 is 0. The van der Waals surface area contributed by atoms with Gasteiger partial charge in [0, 0.05) is 18.0 Å². The summed E-state index contributed by atoms with van der Waals surface area (Å²) in [6.45, 7) is 0.875. The second-order valence-corrected chi connectivity index (χ2v) is 5.87. The molecule has 1 aromatic rings. The van der Waals surface area contributed by atoms with Gasteiger partial charge in [-0.2, -0.15) is 0 Å². The monoisotopic (exact) mass is 279 g/mol. The van der Waals surface area contributed by atoms with Crippen molar-refractivity contribution in [2.75, 3.05) is 6.54 Å². The van der Waals surface area contributed by atoms with E-state index < -0.39 is 0 Å². The van der Waals surface area contributed by atoms with Gasteiger partial charge in [0.1, 0.15) is 0 Å². The lowest BCUT2D eigenvalue weighted by Gasteiger charge is -2.10. The molecule has 0 aromatic heterocycles. The number of carbonyl (C=O) groups excluding carboxylic acids is 1. The molecular weight excluding hydrogens is 258 g/mol. The highest BCUT2D eigenvalue weighted by molar-refractivity contribution is 6.30. The van der Waals surface area contributed by atoms with Crippen LogP contribution in [0.2, 0.25) is 5.02 Å². The van der Waals surface area contributed by atoms with Crippen molar-refractivity contribution in [3.8, 4) is 0 Å². The summed E-state index contributed by atoms with van der Waals surface area (Å²) >= 11 is 5.84. The molecule has 2 nitrogen and oxygen atoms in total. The molecule has 1 aliphatic carbocycles. The largest absolute Gasteiger partial charge is 0.356 e. The summed E-state index contributed by atoms with van der Waals surface area (Å²) in [6.07, 6.45) is 7.69. The normalized spacial score (nSPS) is 15.6. The van der Waals surface area contributed by atoms with Gasteiger partial charge >= 0.3 is 0 Å². The Bertz CT molecular complexity index is 396. The van der Waals surface area contributed by atoms with E-state index in [1.807, 2.05) is 24.3 Å². The molecule has 1 aromatic carbocycles. The Morgan fingerprint density at radius 1 is 1.21 bits per heavy atom. The molecule has 0 unspecified atom stereocenters. The summed E-state index contributed by atoms with van der Waals surface area (Å²) in [5.74, 6) is 0.918. The number of halogens is 1. The lowest BCUT2D eigenvalue weighted by molar-refractivity contribution is -0.121. The van der Waals surface area contributed by atoms with Crippen LogP contribution in [-0.2, 0) is 11.2 Å². The number of hydrogen-bond acceptors (Lipinski definition) is 1. The quantitative estimate of drug-likeness (QED) is 0.839. The third-order valence-corrected chi connectivity index (χ3v) is 4.10. The number of nitrogens with one attached hydrogen (secondary N) is 1. The van der Waals surface area contributed by atoms with E-state index in [-0.39, 0.29) is 5.91 Å². The highest BCUT2D eigenvalue weighted by atomic mass is 35.5. The fraction of sp³-hybridized carbons (Fsp3) is 0.562. The van der Waals surface area contributed by atoms with E-state index in [2.05, 4.69) is 5.32 Å². The first-order valence-corrected chi connectivity index (χ1v) is 7.63. The van der Waals surface area contributed by atoms with Crippen molar-refractivity contribution >= 4 is 17.5 Å². The number of hydrogen-bond donors (Lipinski definition) is 1. The second-order valence-electron chi connectivity index (χ2n) is 5.43. The van der Waals surface area contributed by atoms with Crippen LogP contribution in [0.5, 0.6) is 0 Å². The van der Waals surface area contributed by atoms with E-state index in [9.17, 15) is 4.79 Å². The van der Waals surface area contributed by atoms with E-state index >= 15 is 0 Å². The Labute approximate surface area is 120 Å². The molecule has 0 heterocycles. The molecule has 104 valence electrons. The van der Waals surface area contributed by atoms with Gasteiger partial charge in [-0.05, 0) is 49.3 Å². The third kappa shape index (κ3) is 5.23. The van der Waals surface area contributed by atoms with Crippen LogP contribution in [0.15, 0.2) is 24.3 Å². The fourth-order valence-electron chi connectivity index (χ4n) is 2.67. The smallest absolute Gasteiger partial charge is 0.220 e. The van der Waals surface area contributed by atoms with Gasteiger partial charge in [0.25, 0.3) is 0 Å². The average Bonchev–Trinajstić information content (AvgIpc) is 2.92. The molecule has 0 aliphatic heterocycles. The molecule has 1 amide bonds. The van der Waals surface area contributed by atoms with Crippen LogP contribution in [0.1, 0.15) is 44.1 Å². The van der Waals surface area contributed by atoms with Crippen LogP contribution >= 0.6 is 11.6 Å². The number of benzene rings is 1. The predicted octanol–water partition coefficient (Wildman–Crippen LogP) is 3.97. The predicted molar refractivity (Wildman–Crippen MR) is 79.4 cm³/mol. The highest BCUT2D eigenvalue weighted by Gasteiger charge is 2.15. The van der Waals surface area contributed by atoms with Gasteiger partial charge < -0.3 is 5.32 Å². The zero-order valence-corrected chi connectivity index (χ0v) is 12.1. The van der Waals surface area contributed by atoms with Gasteiger partial charge in [-0.25, -0.2) is 0 Å². The van der Waals surface area contributed by atoms with Crippen LogP contribution in [-0.4, -0.2) is 12.5 Å². The van der Waals surface area contributed by atoms with E-state index in [4.69, 9.17) is 11.6 Å². The van der Waals surface area contributed by atoms with Crippen molar-refractivity contribution in [3.05, 3.63) is 34.9 Å². The summed E-state index contributed by atoms with van der Waals surface area (Å²) in [7, 11) is 0. The minimum Gasteiger partial charge on any atom is -0.356 e. The topological polar surface area (TPSA) is 29.1 Å². The lowest BCUT2D eigenvalue weighted by Crippen LogP contribution is -2.28. The van der Waals surface area contributed by atoms with Gasteiger partial charge in [-0.3, -0.25) is 4.79 Å². The molecule has 0 saturated heterocycles. The Balaban J connectivity index is 1.59. The van der Waals surface area contributed by atoms with Crippen LogP contribution in [0.3, 0.4) is 0 Å². The Morgan fingerprint density at radius 2 is 1.89 bits per heavy atom. The molecular formula is C16H22ClNO. The van der Waals surface area contributed by atoms with Gasteiger partial charge in [-0.1, -0.05) is 36.6 Å². The van der Waals surface area contributed by atoms with E-state index in [0.29, 0.717) is 6.42 Å². The summed E-state index contributed by atoms with van der Waals surface area (Å²) in [5, 5.41) is 3.82. The molecule has 19 heavy (non-hydrogen) atoms. The number of carbonyl (C=O) groups is 1. The first kappa shape index (κ1) is 14.4. The minimum absolute atomic E-state index is 0.195. The molecule has 1 saturated carbocycles. The first-order chi connectivity index (χ1) is 9.24. The van der Waals surface area contributed by atoms with Crippen molar-refractivity contribution in [3.63, 3.8) is 0 Å². The molecule has 0 bridgehead atoms. The maximum absolute atomic E-state index is 11.7. The van der Waals surface area contributed by atoms with Crippen molar-refractivity contribution < 1.29 is 4.79 Å². The third-order valence-electron chi connectivity index (χ3n) is 3.85. The van der Waals surface area contributed by atoms with E-state index in [1.54, 1.807) is 0 Å². The Kier molecular flexibility index (Phi) is 5.71. The summed E-state index contributed by atoms with van der Waals surface area (Å²) in [5.41, 5.74) is 1.24. The standard InChI is InChI=1S/C16H22ClNO/c17-15-10-8-13(9-11-15)6-3-7-16(19)18-12-14-4-1-2-5-14/h8-11,14H,1-7,12H2,(H,18,19). The van der Waals surface area contributed by atoms with E-state index in [0.717, 1.165) is 30.3 Å². The molecule has 1 fully saturated rings. The Hall–Kier alpha value is -1.02. The van der Waals surface area contributed by atoms with Gasteiger partial charge in [0.2, 0.25) is 5.91 Å². The van der Waals surface area contributed by atoms with Gasteiger partial charge in [-0.15, -0.1) is 0 Å². The van der Waals surface area contributed by atoms with Crippen LogP contribution in [0.4, 0.5) is 0 Å². The fourth-order valence-corrected chi connectivity index (χ4v) is 2.79. The molecule has 2 rings (SSSR count). The molecule has 1 aliphatic rings. The highest BCUT2D eigenvalue weighted by Crippen LogP contribution is 2.23. The van der Waals surface area contributed by atoms with E-state index in [1.165, 1.54) is 31.2 Å². The maximum atomic E-state index is 11.7. The van der Waals surface area contributed by atoms with Crippen molar-refractivity contribution in [2.24, 2.45) is 5.92 Å². The number of aryl methyl sites for hydroxylation is 1. The zero-order valence-electron chi connectivity index (χ0n) is 11.3. The minimum atomic E-state index is 0.195. The average molecular weight is 280 g/mol. The second kappa shape index (κ2) is 7.54. The lowest BCUT2D eigenvalue weighted by atomic mass is 10.1. The number of amides is 1. The van der Waals surface area contributed by atoms with Crippen LogP contribution < -0.4 is 5.32 Å². The molecule has 0 atom stereocenters. The van der Waals surface area contributed by atoms with Crippen LogP contribution in [0, 0.1) is 5.92 Å². The summed E-state index contributed by atoms with van der Waals surface area (Å²) in [6, 6.07) is 7.85. The SMILES string of the molecule is O=C(CCCc1ccc(Cl)cc1)NCC1CCCC1. The maximum Gasteiger partial charge on any atom is 0.220 e. The van der Waals surface area contributed by atoms with Crippen LogP contribution in [0.25, 0.3) is 0 Å². The first-order valence-electron chi connectivity index (χ1n) is 7.25. The van der Waals surface area contributed by atoms with Crippen molar-refractivity contribution in [1.29, 1.82) is 0 Å². The van der Waals surface area contributed by atoms with Gasteiger partial charge in [0.15, 0.2) is 0 Å². The molecule has 1 N–H and O–H groups in total. The molecule has 3 heteroatoms. The molecule has 0 radical (unpaired) electrons. The number of rotatable bonds is 6. The van der Waals surface area contributed by atoms with Crippen molar-refractivity contribution in [2.45, 2.75) is 44.9 Å².